The molecular weight excluding hydrogens is 236 g/mol. The lowest BCUT2D eigenvalue weighted by Crippen LogP contribution is -2.17. The Labute approximate surface area is 104 Å². The molecule has 1 aliphatic rings. The van der Waals surface area contributed by atoms with E-state index in [1.54, 1.807) is 12.1 Å². The second kappa shape index (κ2) is 5.03. The maximum absolute atomic E-state index is 10.8. The van der Waals surface area contributed by atoms with E-state index in [4.69, 9.17) is 5.11 Å². The Bertz CT molecular complexity index is 458. The molecule has 0 unspecified atom stereocenters. The Kier molecular flexibility index (Phi) is 3.45. The van der Waals surface area contributed by atoms with Crippen LogP contribution in [0.1, 0.15) is 19.3 Å². The third kappa shape index (κ3) is 2.77. The lowest BCUT2D eigenvalue weighted by atomic mass is 10.1. The molecule has 18 heavy (non-hydrogen) atoms. The van der Waals surface area contributed by atoms with E-state index in [0.29, 0.717) is 12.8 Å². The van der Waals surface area contributed by atoms with Crippen LogP contribution in [0.25, 0.3) is 0 Å². The van der Waals surface area contributed by atoms with Gasteiger partial charge >= 0.3 is 5.97 Å². The van der Waals surface area contributed by atoms with Gasteiger partial charge in [0.25, 0.3) is 5.69 Å². The molecule has 2 N–H and O–H groups in total. The van der Waals surface area contributed by atoms with Crippen LogP contribution in [0.3, 0.4) is 0 Å². The summed E-state index contributed by atoms with van der Waals surface area (Å²) in [6.45, 7) is 0. The zero-order valence-corrected chi connectivity index (χ0v) is 9.70. The van der Waals surface area contributed by atoms with Crippen molar-refractivity contribution in [2.75, 3.05) is 5.32 Å². The van der Waals surface area contributed by atoms with Crippen LogP contribution in [0.5, 0.6) is 0 Å². The Morgan fingerprint density at radius 1 is 1.33 bits per heavy atom. The van der Waals surface area contributed by atoms with Gasteiger partial charge in [-0.15, -0.1) is 0 Å². The number of hydrogen-bond donors (Lipinski definition) is 2. The number of hydrogen-bond acceptors (Lipinski definition) is 4. The van der Waals surface area contributed by atoms with E-state index < -0.39 is 10.9 Å². The number of anilines is 1. The molecule has 0 radical (unpaired) electrons. The largest absolute Gasteiger partial charge is 0.481 e. The van der Waals surface area contributed by atoms with Crippen LogP contribution >= 0.6 is 0 Å². The van der Waals surface area contributed by atoms with Crippen LogP contribution in [0.2, 0.25) is 0 Å². The van der Waals surface area contributed by atoms with Crippen LogP contribution in [0, 0.1) is 16.0 Å². The van der Waals surface area contributed by atoms with Gasteiger partial charge in [0.1, 0.15) is 0 Å². The van der Waals surface area contributed by atoms with Crippen molar-refractivity contribution in [1.82, 2.24) is 0 Å². The Morgan fingerprint density at radius 3 is 2.50 bits per heavy atom. The van der Waals surface area contributed by atoms with Crippen molar-refractivity contribution in [3.63, 3.8) is 0 Å². The predicted molar refractivity (Wildman–Crippen MR) is 65.5 cm³/mol. The first-order valence-corrected chi connectivity index (χ1v) is 5.80. The van der Waals surface area contributed by atoms with Gasteiger partial charge in [0, 0.05) is 23.9 Å². The molecule has 0 bridgehead atoms. The topological polar surface area (TPSA) is 92.5 Å². The first kappa shape index (κ1) is 12.3. The summed E-state index contributed by atoms with van der Waals surface area (Å²) in [7, 11) is 0. The number of nitrogens with zero attached hydrogens (tertiary/aromatic N) is 1. The van der Waals surface area contributed by atoms with Crippen molar-refractivity contribution in [2.24, 2.45) is 5.92 Å². The number of nitrogens with one attached hydrogen (secondary N) is 1. The summed E-state index contributed by atoms with van der Waals surface area (Å²) >= 11 is 0. The summed E-state index contributed by atoms with van der Waals surface area (Å²) < 4.78 is 0. The van der Waals surface area contributed by atoms with E-state index in [-0.39, 0.29) is 17.6 Å². The second-order valence-corrected chi connectivity index (χ2v) is 4.49. The van der Waals surface area contributed by atoms with Gasteiger partial charge in [-0.1, -0.05) is 0 Å². The highest BCUT2D eigenvalue weighted by Crippen LogP contribution is 2.28. The first-order chi connectivity index (χ1) is 8.56. The Balaban J connectivity index is 1.94. The number of aliphatic carboxylic acids is 1. The number of rotatable bonds is 4. The lowest BCUT2D eigenvalue weighted by Gasteiger charge is -2.13. The van der Waals surface area contributed by atoms with Gasteiger partial charge in [-0.2, -0.15) is 0 Å². The molecule has 1 fully saturated rings. The van der Waals surface area contributed by atoms with E-state index in [1.165, 1.54) is 12.1 Å². The zero-order valence-electron chi connectivity index (χ0n) is 9.70. The standard InChI is InChI=1S/C12H14N2O4/c15-12(16)8-1-2-10(7-8)13-9-3-5-11(6-4-9)14(17)18/h3-6,8,10,13H,1-2,7H2,(H,15,16)/t8-,10+/m1/s1. The van der Waals surface area contributed by atoms with Crippen molar-refractivity contribution in [3.05, 3.63) is 34.4 Å². The van der Waals surface area contributed by atoms with Gasteiger partial charge in [0.2, 0.25) is 0 Å². The average Bonchev–Trinajstić information content (AvgIpc) is 2.78. The van der Waals surface area contributed by atoms with Gasteiger partial charge in [-0.05, 0) is 31.4 Å². The molecule has 1 aromatic rings. The maximum atomic E-state index is 10.8. The van der Waals surface area contributed by atoms with E-state index in [9.17, 15) is 14.9 Å². The molecule has 1 aromatic carbocycles. The summed E-state index contributed by atoms with van der Waals surface area (Å²) in [5.41, 5.74) is 0.840. The fourth-order valence-corrected chi connectivity index (χ4v) is 2.25. The summed E-state index contributed by atoms with van der Waals surface area (Å²) in [5.74, 6) is -1.02. The number of carboxylic acid groups (broad SMARTS) is 1. The van der Waals surface area contributed by atoms with Gasteiger partial charge in [0.05, 0.1) is 10.8 Å². The third-order valence-electron chi connectivity index (χ3n) is 3.23. The highest BCUT2D eigenvalue weighted by molar-refractivity contribution is 5.70. The molecule has 2 atom stereocenters. The summed E-state index contributed by atoms with van der Waals surface area (Å²) in [6.07, 6.45) is 2.10. The highest BCUT2D eigenvalue weighted by Gasteiger charge is 2.29. The normalized spacial score (nSPS) is 22.7. The Hall–Kier alpha value is -2.11. The van der Waals surface area contributed by atoms with Gasteiger partial charge in [0.15, 0.2) is 0 Å². The molecule has 1 aliphatic carbocycles. The number of nitro groups is 1. The van der Waals surface area contributed by atoms with E-state index in [2.05, 4.69) is 5.32 Å². The molecule has 0 heterocycles. The minimum absolute atomic E-state index is 0.0513. The number of nitro benzene ring substituents is 1. The van der Waals surface area contributed by atoms with Gasteiger partial charge in [-0.25, -0.2) is 0 Å². The second-order valence-electron chi connectivity index (χ2n) is 4.49. The van der Waals surface area contributed by atoms with Gasteiger partial charge < -0.3 is 10.4 Å². The van der Waals surface area contributed by atoms with Crippen molar-refractivity contribution < 1.29 is 14.8 Å². The lowest BCUT2D eigenvalue weighted by molar-refractivity contribution is -0.384. The molecule has 1 saturated carbocycles. The number of carbonyl (C=O) groups is 1. The number of non-ortho nitro benzene ring substituents is 1. The highest BCUT2D eigenvalue weighted by atomic mass is 16.6. The number of benzene rings is 1. The SMILES string of the molecule is O=C(O)[C@@H]1CC[C@H](Nc2ccc([N+](=O)[O-])cc2)C1. The summed E-state index contributed by atoms with van der Waals surface area (Å²) in [5, 5.41) is 22.6. The van der Waals surface area contributed by atoms with Crippen molar-refractivity contribution in [1.29, 1.82) is 0 Å². The van der Waals surface area contributed by atoms with Crippen LogP contribution < -0.4 is 5.32 Å². The van der Waals surface area contributed by atoms with Crippen molar-refractivity contribution in [3.8, 4) is 0 Å². The van der Waals surface area contributed by atoms with Crippen molar-refractivity contribution in [2.45, 2.75) is 25.3 Å². The van der Waals surface area contributed by atoms with E-state index in [0.717, 1.165) is 12.1 Å². The van der Waals surface area contributed by atoms with E-state index >= 15 is 0 Å². The van der Waals surface area contributed by atoms with Crippen LogP contribution in [-0.4, -0.2) is 22.0 Å². The molecule has 6 nitrogen and oxygen atoms in total. The fraction of sp³-hybridized carbons (Fsp3) is 0.417. The molecule has 0 aliphatic heterocycles. The monoisotopic (exact) mass is 250 g/mol. The molecule has 2 rings (SSSR count). The predicted octanol–water partition coefficient (Wildman–Crippen LogP) is 2.26. The molecule has 0 saturated heterocycles. The smallest absolute Gasteiger partial charge is 0.306 e. The average molecular weight is 250 g/mol. The molecule has 6 heteroatoms. The zero-order chi connectivity index (χ0) is 13.1. The summed E-state index contributed by atoms with van der Waals surface area (Å²) in [4.78, 5) is 20.9. The molecule has 0 amide bonds. The summed E-state index contributed by atoms with van der Waals surface area (Å²) in [6, 6.07) is 6.30. The van der Waals surface area contributed by atoms with Gasteiger partial charge in [-0.3, -0.25) is 14.9 Å². The fourth-order valence-electron chi connectivity index (χ4n) is 2.25. The van der Waals surface area contributed by atoms with Crippen LogP contribution in [0.15, 0.2) is 24.3 Å². The van der Waals surface area contributed by atoms with E-state index in [1.807, 2.05) is 0 Å². The van der Waals surface area contributed by atoms with Crippen LogP contribution in [0.4, 0.5) is 11.4 Å². The van der Waals surface area contributed by atoms with Crippen LogP contribution in [-0.2, 0) is 4.79 Å². The Morgan fingerprint density at radius 2 is 2.00 bits per heavy atom. The minimum atomic E-state index is -0.747. The maximum Gasteiger partial charge on any atom is 0.306 e. The minimum Gasteiger partial charge on any atom is -0.481 e. The molecule has 0 aromatic heterocycles. The molecule has 96 valence electrons. The molecular formula is C12H14N2O4. The number of carboxylic acids is 1. The quantitative estimate of drug-likeness (QED) is 0.631. The molecule has 0 spiro atoms. The first-order valence-electron chi connectivity index (χ1n) is 5.80. The third-order valence-corrected chi connectivity index (χ3v) is 3.23. The van der Waals surface area contributed by atoms with Crippen molar-refractivity contribution >= 4 is 17.3 Å².